The predicted octanol–water partition coefficient (Wildman–Crippen LogP) is 1.96. The highest BCUT2D eigenvalue weighted by molar-refractivity contribution is 5.76. The highest BCUT2D eigenvalue weighted by Gasteiger charge is 2.09. The molecule has 0 atom stereocenters. The van der Waals surface area contributed by atoms with Crippen LogP contribution >= 0.6 is 0 Å². The van der Waals surface area contributed by atoms with Crippen molar-refractivity contribution in [2.45, 2.75) is 19.9 Å². The predicted molar refractivity (Wildman–Crippen MR) is 63.0 cm³/mol. The second-order valence-corrected chi connectivity index (χ2v) is 3.76. The molecule has 1 heterocycles. The maximum absolute atomic E-state index is 13.2. The first-order valence-corrected chi connectivity index (χ1v) is 5.55. The summed E-state index contributed by atoms with van der Waals surface area (Å²) in [6.45, 7) is 3.75. The van der Waals surface area contributed by atoms with Gasteiger partial charge >= 0.3 is 0 Å². The molecule has 86 valence electrons. The fraction of sp³-hybridized carbons (Fsp3) is 0.417. The van der Waals surface area contributed by atoms with Crippen LogP contribution in [-0.2, 0) is 13.0 Å². The van der Waals surface area contributed by atoms with Gasteiger partial charge in [-0.05, 0) is 32.2 Å². The zero-order valence-electron chi connectivity index (χ0n) is 9.63. The van der Waals surface area contributed by atoms with Crippen molar-refractivity contribution in [1.82, 2.24) is 14.9 Å². The third-order valence-electron chi connectivity index (χ3n) is 2.70. The lowest BCUT2D eigenvalue weighted by atomic mass is 10.3. The molecule has 0 aliphatic heterocycles. The van der Waals surface area contributed by atoms with Crippen molar-refractivity contribution in [3.8, 4) is 0 Å². The summed E-state index contributed by atoms with van der Waals surface area (Å²) >= 11 is 0. The van der Waals surface area contributed by atoms with Gasteiger partial charge in [-0.15, -0.1) is 0 Å². The molecule has 0 fully saturated rings. The Hall–Kier alpha value is -1.42. The Morgan fingerprint density at radius 1 is 1.44 bits per heavy atom. The Morgan fingerprint density at radius 3 is 2.94 bits per heavy atom. The van der Waals surface area contributed by atoms with Crippen LogP contribution in [-0.4, -0.2) is 23.1 Å². The number of benzene rings is 1. The first-order chi connectivity index (χ1) is 7.76. The van der Waals surface area contributed by atoms with Crippen LogP contribution in [0.3, 0.4) is 0 Å². The number of halogens is 1. The third kappa shape index (κ3) is 1.93. The maximum Gasteiger partial charge on any atom is 0.125 e. The van der Waals surface area contributed by atoms with E-state index >= 15 is 0 Å². The molecule has 0 bridgehead atoms. The zero-order chi connectivity index (χ0) is 11.5. The summed E-state index contributed by atoms with van der Waals surface area (Å²) in [7, 11) is 1.92. The Balaban J connectivity index is 2.49. The molecule has 1 aromatic heterocycles. The van der Waals surface area contributed by atoms with Gasteiger partial charge in [0.1, 0.15) is 11.6 Å². The van der Waals surface area contributed by atoms with Gasteiger partial charge in [0.05, 0.1) is 11.0 Å². The van der Waals surface area contributed by atoms with Crippen molar-refractivity contribution < 1.29 is 4.39 Å². The van der Waals surface area contributed by atoms with Crippen molar-refractivity contribution in [2.75, 3.05) is 13.6 Å². The number of imidazole rings is 1. The summed E-state index contributed by atoms with van der Waals surface area (Å²) in [4.78, 5) is 4.52. The molecule has 0 amide bonds. The quantitative estimate of drug-likeness (QED) is 0.855. The van der Waals surface area contributed by atoms with E-state index < -0.39 is 0 Å². The molecule has 0 aliphatic carbocycles. The lowest BCUT2D eigenvalue weighted by Crippen LogP contribution is -2.13. The van der Waals surface area contributed by atoms with Crippen LogP contribution in [0.1, 0.15) is 12.7 Å². The molecule has 0 unspecified atom stereocenters. The summed E-state index contributed by atoms with van der Waals surface area (Å²) < 4.78 is 15.2. The Labute approximate surface area is 94.3 Å². The fourth-order valence-electron chi connectivity index (χ4n) is 1.93. The van der Waals surface area contributed by atoms with Gasteiger partial charge in [-0.2, -0.15) is 0 Å². The number of aromatic nitrogens is 2. The van der Waals surface area contributed by atoms with Gasteiger partial charge in [0.25, 0.3) is 0 Å². The summed E-state index contributed by atoms with van der Waals surface area (Å²) in [5.41, 5.74) is 1.75. The van der Waals surface area contributed by atoms with Crippen molar-refractivity contribution >= 4 is 11.0 Å². The molecule has 0 radical (unpaired) electrons. The van der Waals surface area contributed by atoms with Gasteiger partial charge < -0.3 is 9.88 Å². The first-order valence-electron chi connectivity index (χ1n) is 5.55. The second-order valence-electron chi connectivity index (χ2n) is 3.76. The SMILES string of the molecule is CCn1c(CCNC)nc2ccc(F)cc21. The largest absolute Gasteiger partial charge is 0.328 e. The smallest absolute Gasteiger partial charge is 0.125 e. The van der Waals surface area contributed by atoms with Crippen LogP contribution in [0, 0.1) is 5.82 Å². The monoisotopic (exact) mass is 221 g/mol. The zero-order valence-corrected chi connectivity index (χ0v) is 9.63. The topological polar surface area (TPSA) is 29.9 Å². The Bertz CT molecular complexity index is 490. The highest BCUT2D eigenvalue weighted by atomic mass is 19.1. The lowest BCUT2D eigenvalue weighted by Gasteiger charge is -2.05. The molecular formula is C12H16FN3. The molecule has 0 saturated carbocycles. The van der Waals surface area contributed by atoms with Crippen LogP contribution in [0.4, 0.5) is 4.39 Å². The summed E-state index contributed by atoms with van der Waals surface area (Å²) in [5, 5.41) is 3.10. The normalized spacial score (nSPS) is 11.2. The van der Waals surface area contributed by atoms with Crippen LogP contribution in [0.5, 0.6) is 0 Å². The molecule has 2 aromatic rings. The molecule has 1 N–H and O–H groups in total. The van der Waals surface area contributed by atoms with Gasteiger partial charge in [0.15, 0.2) is 0 Å². The Morgan fingerprint density at radius 2 is 2.25 bits per heavy atom. The number of aryl methyl sites for hydroxylation is 1. The minimum absolute atomic E-state index is 0.206. The molecule has 0 saturated heterocycles. The number of fused-ring (bicyclic) bond motifs is 1. The molecule has 4 heteroatoms. The average molecular weight is 221 g/mol. The van der Waals surface area contributed by atoms with E-state index in [1.807, 2.05) is 7.05 Å². The first kappa shape index (κ1) is 11.1. The minimum Gasteiger partial charge on any atom is -0.328 e. The van der Waals surface area contributed by atoms with E-state index in [-0.39, 0.29) is 5.82 Å². The van der Waals surface area contributed by atoms with Gasteiger partial charge in [-0.3, -0.25) is 0 Å². The number of hydrogen-bond acceptors (Lipinski definition) is 2. The Kier molecular flexibility index (Phi) is 3.19. The average Bonchev–Trinajstić information content (AvgIpc) is 2.63. The van der Waals surface area contributed by atoms with Gasteiger partial charge in [0, 0.05) is 19.5 Å². The standard InChI is InChI=1S/C12H16FN3/c1-3-16-11-8-9(13)4-5-10(11)15-12(16)6-7-14-2/h4-5,8,14H,3,6-7H2,1-2H3. The molecular weight excluding hydrogens is 205 g/mol. The summed E-state index contributed by atoms with van der Waals surface area (Å²) in [6.07, 6.45) is 0.862. The van der Waals surface area contributed by atoms with Crippen LogP contribution < -0.4 is 5.32 Å². The van der Waals surface area contributed by atoms with Gasteiger partial charge in [0.2, 0.25) is 0 Å². The number of rotatable bonds is 4. The molecule has 0 spiro atoms. The van der Waals surface area contributed by atoms with Crippen molar-refractivity contribution in [3.63, 3.8) is 0 Å². The molecule has 3 nitrogen and oxygen atoms in total. The molecule has 1 aromatic carbocycles. The van der Waals surface area contributed by atoms with E-state index in [2.05, 4.69) is 21.8 Å². The van der Waals surface area contributed by atoms with E-state index in [4.69, 9.17) is 0 Å². The van der Waals surface area contributed by atoms with Crippen LogP contribution in [0.25, 0.3) is 11.0 Å². The van der Waals surface area contributed by atoms with Crippen molar-refractivity contribution in [3.05, 3.63) is 29.8 Å². The number of nitrogens with one attached hydrogen (secondary N) is 1. The summed E-state index contributed by atoms with van der Waals surface area (Å²) in [6, 6.07) is 4.74. The third-order valence-corrected chi connectivity index (χ3v) is 2.70. The van der Waals surface area contributed by atoms with E-state index in [1.54, 1.807) is 12.1 Å². The maximum atomic E-state index is 13.2. The van der Waals surface area contributed by atoms with Crippen molar-refractivity contribution in [2.24, 2.45) is 0 Å². The van der Waals surface area contributed by atoms with Gasteiger partial charge in [-0.1, -0.05) is 0 Å². The van der Waals surface area contributed by atoms with E-state index in [0.29, 0.717) is 0 Å². The lowest BCUT2D eigenvalue weighted by molar-refractivity contribution is 0.627. The molecule has 0 aliphatic rings. The molecule has 2 rings (SSSR count). The highest BCUT2D eigenvalue weighted by Crippen LogP contribution is 2.17. The fourth-order valence-corrected chi connectivity index (χ4v) is 1.93. The van der Waals surface area contributed by atoms with E-state index in [1.165, 1.54) is 6.07 Å². The van der Waals surface area contributed by atoms with Crippen molar-refractivity contribution in [1.29, 1.82) is 0 Å². The number of nitrogens with zero attached hydrogens (tertiary/aromatic N) is 2. The van der Waals surface area contributed by atoms with E-state index in [0.717, 1.165) is 36.4 Å². The van der Waals surface area contributed by atoms with Crippen LogP contribution in [0.15, 0.2) is 18.2 Å². The minimum atomic E-state index is -0.206. The summed E-state index contributed by atoms with van der Waals surface area (Å²) in [5.74, 6) is 0.805. The number of likely N-dealkylation sites (N-methyl/N-ethyl adjacent to an activating group) is 1. The number of hydrogen-bond donors (Lipinski definition) is 1. The van der Waals surface area contributed by atoms with Crippen LogP contribution in [0.2, 0.25) is 0 Å². The molecule has 16 heavy (non-hydrogen) atoms. The van der Waals surface area contributed by atoms with Gasteiger partial charge in [-0.25, -0.2) is 9.37 Å². The van der Waals surface area contributed by atoms with E-state index in [9.17, 15) is 4.39 Å². The second kappa shape index (κ2) is 4.61.